The van der Waals surface area contributed by atoms with Crippen LogP contribution in [-0.4, -0.2) is 11.2 Å². The second kappa shape index (κ2) is 10.9. The standard InChI is InChI=1S/C32H25N3/c1-3-10-30(11-4-1)35(31-12-5-2-6-13-31)32-22-18-27(19-23-32)15-14-26-16-20-28(21-17-26)34-25-29-9-7-8-24-33-29/h1-25H/b15-14+,34-25?. The Bertz CT molecular complexity index is 1350. The molecule has 0 amide bonds. The molecular weight excluding hydrogens is 426 g/mol. The molecule has 0 aliphatic rings. The Hall–Kier alpha value is -4.76. The Balaban J connectivity index is 1.30. The van der Waals surface area contributed by atoms with Gasteiger partial charge in [-0.1, -0.05) is 78.9 Å². The lowest BCUT2D eigenvalue weighted by Gasteiger charge is -2.25. The molecule has 0 aliphatic carbocycles. The van der Waals surface area contributed by atoms with Gasteiger partial charge < -0.3 is 4.90 Å². The molecule has 0 N–H and O–H groups in total. The predicted octanol–water partition coefficient (Wildman–Crippen LogP) is 8.47. The molecule has 0 spiro atoms. The third kappa shape index (κ3) is 5.79. The van der Waals surface area contributed by atoms with Gasteiger partial charge in [0, 0.05) is 23.3 Å². The van der Waals surface area contributed by atoms with Crippen molar-refractivity contribution in [3.63, 3.8) is 0 Å². The fraction of sp³-hybridized carbons (Fsp3) is 0. The van der Waals surface area contributed by atoms with Gasteiger partial charge in [-0.05, 0) is 71.8 Å². The molecule has 0 unspecified atom stereocenters. The summed E-state index contributed by atoms with van der Waals surface area (Å²) in [5, 5.41) is 0. The molecule has 0 bridgehead atoms. The van der Waals surface area contributed by atoms with Gasteiger partial charge in [0.15, 0.2) is 0 Å². The van der Waals surface area contributed by atoms with Crippen LogP contribution in [0.4, 0.5) is 22.7 Å². The van der Waals surface area contributed by atoms with Gasteiger partial charge in [0.1, 0.15) is 0 Å². The normalized spacial score (nSPS) is 11.2. The van der Waals surface area contributed by atoms with E-state index in [9.17, 15) is 0 Å². The molecule has 5 aromatic rings. The first-order chi connectivity index (χ1) is 17.3. The maximum Gasteiger partial charge on any atom is 0.0812 e. The van der Waals surface area contributed by atoms with Gasteiger partial charge in [-0.2, -0.15) is 0 Å². The first-order valence-electron chi connectivity index (χ1n) is 11.6. The van der Waals surface area contributed by atoms with Crippen molar-refractivity contribution in [3.05, 3.63) is 150 Å². The number of nitrogens with zero attached hydrogens (tertiary/aromatic N) is 3. The van der Waals surface area contributed by atoms with Crippen LogP contribution >= 0.6 is 0 Å². The van der Waals surface area contributed by atoms with Crippen LogP contribution in [0.1, 0.15) is 16.8 Å². The number of pyridine rings is 1. The number of para-hydroxylation sites is 2. The topological polar surface area (TPSA) is 28.5 Å². The number of hydrogen-bond donors (Lipinski definition) is 0. The maximum absolute atomic E-state index is 4.50. The summed E-state index contributed by atoms with van der Waals surface area (Å²) in [4.78, 5) is 11.0. The van der Waals surface area contributed by atoms with Crippen molar-refractivity contribution < 1.29 is 0 Å². The van der Waals surface area contributed by atoms with Gasteiger partial charge in [0.25, 0.3) is 0 Å². The third-order valence-electron chi connectivity index (χ3n) is 5.58. The van der Waals surface area contributed by atoms with Crippen LogP contribution in [0.2, 0.25) is 0 Å². The minimum atomic E-state index is 0.845. The zero-order valence-electron chi connectivity index (χ0n) is 19.3. The lowest BCUT2D eigenvalue weighted by molar-refractivity contribution is 1.28. The van der Waals surface area contributed by atoms with E-state index in [1.54, 1.807) is 12.4 Å². The quantitative estimate of drug-likeness (QED) is 0.183. The summed E-state index contributed by atoms with van der Waals surface area (Å²) in [6.07, 6.45) is 7.79. The van der Waals surface area contributed by atoms with E-state index in [0.29, 0.717) is 0 Å². The van der Waals surface area contributed by atoms with Crippen molar-refractivity contribution in [1.29, 1.82) is 0 Å². The zero-order chi connectivity index (χ0) is 23.7. The van der Waals surface area contributed by atoms with E-state index >= 15 is 0 Å². The second-order valence-electron chi connectivity index (χ2n) is 8.04. The third-order valence-corrected chi connectivity index (χ3v) is 5.58. The molecule has 0 aliphatic heterocycles. The molecule has 4 aromatic carbocycles. The number of aliphatic imine (C=N–C) groups is 1. The molecule has 168 valence electrons. The van der Waals surface area contributed by atoms with Crippen LogP contribution in [0.5, 0.6) is 0 Å². The molecular formula is C32H25N3. The summed E-state index contributed by atoms with van der Waals surface area (Å²) < 4.78 is 0. The maximum atomic E-state index is 4.50. The lowest BCUT2D eigenvalue weighted by atomic mass is 10.1. The van der Waals surface area contributed by atoms with E-state index in [1.807, 2.05) is 42.5 Å². The number of aromatic nitrogens is 1. The lowest BCUT2D eigenvalue weighted by Crippen LogP contribution is -2.09. The van der Waals surface area contributed by atoms with E-state index in [0.717, 1.165) is 39.6 Å². The number of benzene rings is 4. The zero-order valence-corrected chi connectivity index (χ0v) is 19.3. The molecule has 0 fully saturated rings. The van der Waals surface area contributed by atoms with Gasteiger partial charge in [0.05, 0.1) is 17.6 Å². The summed E-state index contributed by atoms with van der Waals surface area (Å²) in [6, 6.07) is 43.5. The minimum Gasteiger partial charge on any atom is -0.311 e. The highest BCUT2D eigenvalue weighted by molar-refractivity contribution is 5.80. The van der Waals surface area contributed by atoms with Crippen LogP contribution in [0.3, 0.4) is 0 Å². The number of anilines is 3. The van der Waals surface area contributed by atoms with E-state index in [4.69, 9.17) is 0 Å². The molecule has 0 radical (unpaired) electrons. The SMILES string of the molecule is C(=Nc1ccc(/C=C/c2ccc(N(c3ccccc3)c3ccccc3)cc2)cc1)c1ccccn1. The molecule has 0 saturated carbocycles. The van der Waals surface area contributed by atoms with Gasteiger partial charge in [-0.3, -0.25) is 9.98 Å². The van der Waals surface area contributed by atoms with Crippen LogP contribution in [0.15, 0.2) is 139 Å². The van der Waals surface area contributed by atoms with Crippen molar-refractivity contribution in [2.45, 2.75) is 0 Å². The summed E-state index contributed by atoms with van der Waals surface area (Å²) >= 11 is 0. The Kier molecular flexibility index (Phi) is 6.87. The average Bonchev–Trinajstić information content (AvgIpc) is 2.94. The summed E-state index contributed by atoms with van der Waals surface area (Å²) in [5.74, 6) is 0. The first-order valence-corrected chi connectivity index (χ1v) is 11.6. The fourth-order valence-electron chi connectivity index (χ4n) is 3.79. The average molecular weight is 452 g/mol. The van der Waals surface area contributed by atoms with Crippen LogP contribution < -0.4 is 4.90 Å². The van der Waals surface area contributed by atoms with Crippen molar-refractivity contribution in [2.24, 2.45) is 4.99 Å². The smallest absolute Gasteiger partial charge is 0.0812 e. The van der Waals surface area contributed by atoms with E-state index in [-0.39, 0.29) is 0 Å². The van der Waals surface area contributed by atoms with Crippen LogP contribution in [0, 0.1) is 0 Å². The van der Waals surface area contributed by atoms with Crippen LogP contribution in [-0.2, 0) is 0 Å². The molecule has 3 heteroatoms. The van der Waals surface area contributed by atoms with Gasteiger partial charge in [-0.15, -0.1) is 0 Å². The monoisotopic (exact) mass is 451 g/mol. The van der Waals surface area contributed by atoms with Gasteiger partial charge >= 0.3 is 0 Å². The Morgan fingerprint density at radius 3 is 1.57 bits per heavy atom. The summed E-state index contributed by atoms with van der Waals surface area (Å²) in [7, 11) is 0. The van der Waals surface area contributed by atoms with E-state index in [1.165, 1.54) is 0 Å². The number of hydrogen-bond acceptors (Lipinski definition) is 3. The minimum absolute atomic E-state index is 0.845. The first kappa shape index (κ1) is 22.1. The van der Waals surface area contributed by atoms with E-state index < -0.39 is 0 Å². The predicted molar refractivity (Wildman–Crippen MR) is 148 cm³/mol. The van der Waals surface area contributed by atoms with Crippen molar-refractivity contribution in [2.75, 3.05) is 4.90 Å². The highest BCUT2D eigenvalue weighted by Gasteiger charge is 2.11. The molecule has 1 heterocycles. The largest absolute Gasteiger partial charge is 0.311 e. The summed E-state index contributed by atoms with van der Waals surface area (Å²) in [6.45, 7) is 0. The molecule has 35 heavy (non-hydrogen) atoms. The van der Waals surface area contributed by atoms with Crippen molar-refractivity contribution >= 4 is 41.1 Å². The highest BCUT2D eigenvalue weighted by Crippen LogP contribution is 2.34. The van der Waals surface area contributed by atoms with Crippen molar-refractivity contribution in [1.82, 2.24) is 4.98 Å². The fourth-order valence-corrected chi connectivity index (χ4v) is 3.79. The Labute approximate surface area is 206 Å². The Morgan fingerprint density at radius 1 is 0.514 bits per heavy atom. The summed E-state index contributed by atoms with van der Waals surface area (Å²) in [5.41, 5.74) is 7.40. The van der Waals surface area contributed by atoms with Crippen molar-refractivity contribution in [3.8, 4) is 0 Å². The number of rotatable bonds is 7. The van der Waals surface area contributed by atoms with E-state index in [2.05, 4.69) is 112 Å². The van der Waals surface area contributed by atoms with Gasteiger partial charge in [0.2, 0.25) is 0 Å². The van der Waals surface area contributed by atoms with Gasteiger partial charge in [-0.25, -0.2) is 0 Å². The second-order valence-corrected chi connectivity index (χ2v) is 8.04. The molecule has 0 atom stereocenters. The molecule has 1 aromatic heterocycles. The molecule has 0 saturated heterocycles. The molecule has 5 rings (SSSR count). The Morgan fingerprint density at radius 2 is 1.03 bits per heavy atom. The molecule has 3 nitrogen and oxygen atoms in total. The van der Waals surface area contributed by atoms with Crippen LogP contribution in [0.25, 0.3) is 12.2 Å². The highest BCUT2D eigenvalue weighted by atomic mass is 15.1.